The maximum atomic E-state index is 11.8. The predicted molar refractivity (Wildman–Crippen MR) is 69.3 cm³/mol. The number of benzene rings is 1. The lowest BCUT2D eigenvalue weighted by molar-refractivity contribution is 0.521. The molecule has 0 heterocycles. The Labute approximate surface area is 106 Å². The first-order valence-corrected chi connectivity index (χ1v) is 6.77. The number of rotatable bonds is 4. The molecular formula is C10H14ClN3O2S. The highest BCUT2D eigenvalue weighted by atomic mass is 35.5. The van der Waals surface area contributed by atoms with Crippen molar-refractivity contribution >= 4 is 33.1 Å². The highest BCUT2D eigenvalue weighted by molar-refractivity contribution is 7.89. The molecule has 0 saturated heterocycles. The molecule has 1 aromatic carbocycles. The van der Waals surface area contributed by atoms with Crippen LogP contribution in [0.4, 0.5) is 5.69 Å². The summed E-state index contributed by atoms with van der Waals surface area (Å²) in [6, 6.07) is 6.12. The fourth-order valence-corrected chi connectivity index (χ4v) is 2.06. The summed E-state index contributed by atoms with van der Waals surface area (Å²) in [6.45, 7) is 0. The molecule has 0 aliphatic rings. The highest BCUT2D eigenvalue weighted by Crippen LogP contribution is 2.18. The van der Waals surface area contributed by atoms with Gasteiger partial charge >= 0.3 is 0 Å². The van der Waals surface area contributed by atoms with Crippen molar-refractivity contribution in [1.29, 1.82) is 0 Å². The van der Waals surface area contributed by atoms with Crippen molar-refractivity contribution in [3.63, 3.8) is 0 Å². The van der Waals surface area contributed by atoms with Crippen LogP contribution in [0.5, 0.6) is 0 Å². The third-order valence-corrected chi connectivity index (χ3v) is 4.13. The van der Waals surface area contributed by atoms with Crippen LogP contribution in [0.1, 0.15) is 0 Å². The van der Waals surface area contributed by atoms with E-state index in [1.807, 2.05) is 0 Å². The number of nitrogens with two attached hydrogens (primary N) is 1. The number of alkyl halides is 1. The van der Waals surface area contributed by atoms with E-state index >= 15 is 0 Å². The van der Waals surface area contributed by atoms with E-state index in [-0.39, 0.29) is 16.6 Å². The molecule has 5 nitrogen and oxygen atoms in total. The largest absolute Gasteiger partial charge is 0.386 e. The second-order valence-electron chi connectivity index (χ2n) is 3.52. The van der Waals surface area contributed by atoms with Crippen molar-refractivity contribution in [2.75, 3.05) is 20.0 Å². The van der Waals surface area contributed by atoms with Crippen LogP contribution in [0.2, 0.25) is 0 Å². The van der Waals surface area contributed by atoms with Gasteiger partial charge in [0.1, 0.15) is 5.84 Å². The molecule has 94 valence electrons. The summed E-state index contributed by atoms with van der Waals surface area (Å²) in [5.74, 6) is 0.424. The van der Waals surface area contributed by atoms with Gasteiger partial charge in [0.05, 0.1) is 16.5 Å². The first kappa shape index (κ1) is 14.0. The Bertz CT molecular complexity index is 509. The Balaban J connectivity index is 3.05. The second kappa shape index (κ2) is 5.48. The lowest BCUT2D eigenvalue weighted by Gasteiger charge is -2.11. The van der Waals surface area contributed by atoms with E-state index in [2.05, 4.69) is 4.99 Å². The Morgan fingerprint density at radius 2 is 1.88 bits per heavy atom. The molecule has 0 radical (unpaired) electrons. The number of nitrogens with zero attached hydrogens (tertiary/aromatic N) is 2. The predicted octanol–water partition coefficient (Wildman–Crippen LogP) is 1.16. The van der Waals surface area contributed by atoms with Crippen LogP contribution in [-0.4, -0.2) is 38.5 Å². The molecule has 0 amide bonds. The van der Waals surface area contributed by atoms with Crippen LogP contribution in [0.15, 0.2) is 34.2 Å². The van der Waals surface area contributed by atoms with Crippen molar-refractivity contribution in [2.24, 2.45) is 10.7 Å². The van der Waals surface area contributed by atoms with Crippen LogP contribution in [0, 0.1) is 0 Å². The van der Waals surface area contributed by atoms with Crippen molar-refractivity contribution in [3.8, 4) is 0 Å². The minimum atomic E-state index is -3.40. The van der Waals surface area contributed by atoms with Gasteiger partial charge in [-0.2, -0.15) is 0 Å². The summed E-state index contributed by atoms with van der Waals surface area (Å²) >= 11 is 5.49. The molecule has 0 atom stereocenters. The van der Waals surface area contributed by atoms with E-state index in [4.69, 9.17) is 17.3 Å². The second-order valence-corrected chi connectivity index (χ2v) is 5.94. The number of sulfonamides is 1. The topological polar surface area (TPSA) is 75.8 Å². The molecule has 0 aliphatic heterocycles. The van der Waals surface area contributed by atoms with Crippen LogP contribution < -0.4 is 5.73 Å². The molecular weight excluding hydrogens is 262 g/mol. The molecule has 0 fully saturated rings. The third-order valence-electron chi connectivity index (χ3n) is 2.02. The lowest BCUT2D eigenvalue weighted by atomic mass is 10.3. The zero-order valence-electron chi connectivity index (χ0n) is 9.59. The maximum Gasteiger partial charge on any atom is 0.242 e. The van der Waals surface area contributed by atoms with Crippen molar-refractivity contribution in [1.82, 2.24) is 4.31 Å². The standard InChI is InChI=1S/C10H14ClN3O2S/c1-14(2)17(15,16)9-5-3-8(4-6-9)13-10(12)7-11/h3-6H,7H2,1-2H3,(H2,12,13). The molecule has 2 N–H and O–H groups in total. The van der Waals surface area contributed by atoms with Gasteiger partial charge in [0.2, 0.25) is 10.0 Å². The van der Waals surface area contributed by atoms with Crippen LogP contribution in [0.25, 0.3) is 0 Å². The summed E-state index contributed by atoms with van der Waals surface area (Å²) in [5.41, 5.74) is 6.04. The fraction of sp³-hybridized carbons (Fsp3) is 0.300. The summed E-state index contributed by atoms with van der Waals surface area (Å²) in [5, 5.41) is 0. The number of halogens is 1. The molecule has 0 saturated carbocycles. The molecule has 0 bridgehead atoms. The summed E-state index contributed by atoms with van der Waals surface area (Å²) < 4.78 is 24.7. The number of hydrogen-bond donors (Lipinski definition) is 1. The number of aliphatic imine (C=N–C) groups is 1. The van der Waals surface area contributed by atoms with Crippen LogP contribution in [0.3, 0.4) is 0 Å². The Kier molecular flexibility index (Phi) is 4.50. The Morgan fingerprint density at radius 1 is 1.35 bits per heavy atom. The average molecular weight is 276 g/mol. The summed E-state index contributed by atoms with van der Waals surface area (Å²) in [6.07, 6.45) is 0. The van der Waals surface area contributed by atoms with Crippen LogP contribution in [-0.2, 0) is 10.0 Å². The monoisotopic (exact) mass is 275 g/mol. The minimum absolute atomic E-state index is 0.137. The molecule has 0 aromatic heterocycles. The van der Waals surface area contributed by atoms with Gasteiger partial charge in [-0.3, -0.25) is 0 Å². The van der Waals surface area contributed by atoms with Gasteiger partial charge in [-0.1, -0.05) is 0 Å². The van der Waals surface area contributed by atoms with E-state index in [9.17, 15) is 8.42 Å². The smallest absolute Gasteiger partial charge is 0.242 e. The summed E-state index contributed by atoms with van der Waals surface area (Å²) in [7, 11) is -0.442. The van der Waals surface area contributed by atoms with Gasteiger partial charge < -0.3 is 5.73 Å². The molecule has 0 aliphatic carbocycles. The van der Waals surface area contributed by atoms with E-state index < -0.39 is 10.0 Å². The fourth-order valence-electron chi connectivity index (χ4n) is 1.10. The molecule has 1 aromatic rings. The van der Waals surface area contributed by atoms with E-state index in [0.717, 1.165) is 4.31 Å². The zero-order chi connectivity index (χ0) is 13.1. The Morgan fingerprint density at radius 3 is 2.29 bits per heavy atom. The lowest BCUT2D eigenvalue weighted by Crippen LogP contribution is -2.22. The van der Waals surface area contributed by atoms with Crippen LogP contribution >= 0.6 is 11.6 Å². The Hall–Kier alpha value is -1.11. The van der Waals surface area contributed by atoms with Gasteiger partial charge in [-0.05, 0) is 24.3 Å². The molecule has 7 heteroatoms. The zero-order valence-corrected chi connectivity index (χ0v) is 11.2. The quantitative estimate of drug-likeness (QED) is 0.509. The van der Waals surface area contributed by atoms with Gasteiger partial charge in [0, 0.05) is 14.1 Å². The first-order valence-electron chi connectivity index (χ1n) is 4.79. The molecule has 1 rings (SSSR count). The molecule has 17 heavy (non-hydrogen) atoms. The van der Waals surface area contributed by atoms with Gasteiger partial charge in [-0.25, -0.2) is 17.7 Å². The molecule has 0 unspecified atom stereocenters. The highest BCUT2D eigenvalue weighted by Gasteiger charge is 2.16. The third kappa shape index (κ3) is 3.42. The van der Waals surface area contributed by atoms with E-state index in [0.29, 0.717) is 5.69 Å². The maximum absolute atomic E-state index is 11.8. The van der Waals surface area contributed by atoms with Crippen molar-refractivity contribution in [3.05, 3.63) is 24.3 Å². The average Bonchev–Trinajstić information content (AvgIpc) is 2.29. The molecule has 0 spiro atoms. The van der Waals surface area contributed by atoms with E-state index in [1.54, 1.807) is 12.1 Å². The normalized spacial score (nSPS) is 13.1. The minimum Gasteiger partial charge on any atom is -0.386 e. The van der Waals surface area contributed by atoms with Gasteiger partial charge in [-0.15, -0.1) is 11.6 Å². The van der Waals surface area contributed by atoms with Gasteiger partial charge in [0.15, 0.2) is 0 Å². The van der Waals surface area contributed by atoms with E-state index in [1.165, 1.54) is 26.2 Å². The summed E-state index contributed by atoms with van der Waals surface area (Å²) in [4.78, 5) is 4.21. The first-order chi connectivity index (χ1) is 7.87. The van der Waals surface area contributed by atoms with Crippen molar-refractivity contribution in [2.45, 2.75) is 4.90 Å². The van der Waals surface area contributed by atoms with Crippen molar-refractivity contribution < 1.29 is 8.42 Å². The number of amidine groups is 1. The number of hydrogen-bond acceptors (Lipinski definition) is 3. The SMILES string of the molecule is CN(C)S(=O)(=O)c1ccc(N=C(N)CCl)cc1. The van der Waals surface area contributed by atoms with Gasteiger partial charge in [0.25, 0.3) is 0 Å².